The lowest BCUT2D eigenvalue weighted by Crippen LogP contribution is -2.17. The highest BCUT2D eigenvalue weighted by molar-refractivity contribution is 6.31. The van der Waals surface area contributed by atoms with Crippen molar-refractivity contribution in [1.82, 2.24) is 14.8 Å². The van der Waals surface area contributed by atoms with E-state index in [-0.39, 0.29) is 5.91 Å². The number of amides is 1. The van der Waals surface area contributed by atoms with Crippen LogP contribution in [0.4, 0.5) is 11.6 Å². The largest absolute Gasteiger partial charge is 0.385 e. The maximum absolute atomic E-state index is 12.2. The van der Waals surface area contributed by atoms with Crippen LogP contribution in [-0.2, 0) is 7.05 Å². The van der Waals surface area contributed by atoms with Crippen molar-refractivity contribution in [2.45, 2.75) is 6.92 Å². The molecular formula is C12H14ClN5O. The molecule has 0 saturated heterocycles. The third-order valence-electron chi connectivity index (χ3n) is 2.53. The molecule has 2 aromatic rings. The predicted molar refractivity (Wildman–Crippen MR) is 74.6 cm³/mol. The molecule has 0 aliphatic rings. The summed E-state index contributed by atoms with van der Waals surface area (Å²) in [6.07, 6.45) is 1.37. The topological polar surface area (TPSA) is 71.8 Å². The van der Waals surface area contributed by atoms with Gasteiger partial charge in [-0.1, -0.05) is 11.6 Å². The van der Waals surface area contributed by atoms with Crippen LogP contribution < -0.4 is 10.6 Å². The number of benzene rings is 1. The number of halogens is 1. The van der Waals surface area contributed by atoms with Crippen LogP contribution in [0.15, 0.2) is 24.5 Å². The van der Waals surface area contributed by atoms with Crippen molar-refractivity contribution in [1.29, 1.82) is 0 Å². The Morgan fingerprint density at radius 2 is 2.26 bits per heavy atom. The van der Waals surface area contributed by atoms with E-state index in [1.807, 2.05) is 6.92 Å². The Kier molecular flexibility index (Phi) is 4.01. The fourth-order valence-electron chi connectivity index (χ4n) is 1.63. The maximum Gasteiger partial charge on any atom is 0.260 e. The van der Waals surface area contributed by atoms with E-state index in [2.05, 4.69) is 20.7 Å². The Balaban J connectivity index is 2.27. The van der Waals surface area contributed by atoms with E-state index in [1.54, 1.807) is 25.2 Å². The van der Waals surface area contributed by atoms with Crippen LogP contribution in [0.5, 0.6) is 0 Å². The summed E-state index contributed by atoms with van der Waals surface area (Å²) >= 11 is 5.93. The Labute approximate surface area is 115 Å². The van der Waals surface area contributed by atoms with Crippen molar-refractivity contribution in [2.75, 3.05) is 17.2 Å². The summed E-state index contributed by atoms with van der Waals surface area (Å²) in [6.45, 7) is 2.67. The standard InChI is InChI=1S/C12H14ClN5O/c1-3-14-10-5-4-8(13)6-9(10)11(19)17-12-15-7-16-18(12)2/h4-7,14H,3H2,1-2H3,(H,15,16,17,19). The number of rotatable bonds is 4. The zero-order chi connectivity index (χ0) is 13.8. The molecule has 19 heavy (non-hydrogen) atoms. The molecule has 6 nitrogen and oxygen atoms in total. The molecule has 0 fully saturated rings. The van der Waals surface area contributed by atoms with Gasteiger partial charge in [-0.3, -0.25) is 10.1 Å². The van der Waals surface area contributed by atoms with E-state index < -0.39 is 0 Å². The van der Waals surface area contributed by atoms with Crippen molar-refractivity contribution in [2.24, 2.45) is 7.05 Å². The first kappa shape index (κ1) is 13.4. The van der Waals surface area contributed by atoms with E-state index in [0.29, 0.717) is 23.1 Å². The fraction of sp³-hybridized carbons (Fsp3) is 0.250. The molecule has 0 bridgehead atoms. The van der Waals surface area contributed by atoms with E-state index in [1.165, 1.54) is 11.0 Å². The SMILES string of the molecule is CCNc1ccc(Cl)cc1C(=O)Nc1ncnn1C. The van der Waals surface area contributed by atoms with Gasteiger partial charge in [-0.25, -0.2) is 4.68 Å². The third kappa shape index (κ3) is 3.03. The van der Waals surface area contributed by atoms with Gasteiger partial charge in [0.05, 0.1) is 5.56 Å². The summed E-state index contributed by atoms with van der Waals surface area (Å²) in [5.41, 5.74) is 1.20. The summed E-state index contributed by atoms with van der Waals surface area (Å²) in [5.74, 6) is 0.0990. The van der Waals surface area contributed by atoms with E-state index in [9.17, 15) is 4.79 Å². The number of hydrogen-bond donors (Lipinski definition) is 2. The summed E-state index contributed by atoms with van der Waals surface area (Å²) in [6, 6.07) is 5.13. The second-order valence-electron chi connectivity index (χ2n) is 3.88. The van der Waals surface area contributed by atoms with Crippen molar-refractivity contribution >= 4 is 29.1 Å². The Morgan fingerprint density at radius 3 is 2.89 bits per heavy atom. The highest BCUT2D eigenvalue weighted by Crippen LogP contribution is 2.21. The predicted octanol–water partition coefficient (Wildman–Crippen LogP) is 2.15. The molecule has 0 saturated carbocycles. The minimum absolute atomic E-state index is 0.283. The molecule has 0 spiro atoms. The molecule has 0 aliphatic carbocycles. The number of aromatic nitrogens is 3. The lowest BCUT2D eigenvalue weighted by atomic mass is 10.1. The minimum Gasteiger partial charge on any atom is -0.385 e. The van der Waals surface area contributed by atoms with Crippen LogP contribution in [0.2, 0.25) is 5.02 Å². The van der Waals surface area contributed by atoms with E-state index in [0.717, 1.165) is 5.69 Å². The summed E-state index contributed by atoms with van der Waals surface area (Å²) in [7, 11) is 1.70. The number of nitrogens with one attached hydrogen (secondary N) is 2. The first-order chi connectivity index (χ1) is 9.11. The number of anilines is 2. The van der Waals surface area contributed by atoms with Crippen LogP contribution in [-0.4, -0.2) is 27.2 Å². The van der Waals surface area contributed by atoms with Crippen LogP contribution in [0.25, 0.3) is 0 Å². The molecule has 0 atom stereocenters. The summed E-state index contributed by atoms with van der Waals surface area (Å²) in [4.78, 5) is 16.2. The molecule has 100 valence electrons. The van der Waals surface area contributed by atoms with Gasteiger partial charge in [0.25, 0.3) is 5.91 Å². The second kappa shape index (κ2) is 5.71. The molecule has 0 aliphatic heterocycles. The van der Waals surface area contributed by atoms with Crippen molar-refractivity contribution in [3.8, 4) is 0 Å². The van der Waals surface area contributed by atoms with Crippen molar-refractivity contribution in [3.63, 3.8) is 0 Å². The quantitative estimate of drug-likeness (QED) is 0.899. The lowest BCUT2D eigenvalue weighted by molar-refractivity contribution is 0.102. The molecule has 0 radical (unpaired) electrons. The minimum atomic E-state index is -0.283. The lowest BCUT2D eigenvalue weighted by Gasteiger charge is -2.11. The number of carbonyl (C=O) groups is 1. The molecule has 7 heteroatoms. The number of carbonyl (C=O) groups excluding carboxylic acids is 1. The average molecular weight is 280 g/mol. The Bertz CT molecular complexity index is 596. The maximum atomic E-state index is 12.2. The van der Waals surface area contributed by atoms with E-state index in [4.69, 9.17) is 11.6 Å². The van der Waals surface area contributed by atoms with Gasteiger partial charge in [0.2, 0.25) is 5.95 Å². The number of nitrogens with zero attached hydrogens (tertiary/aromatic N) is 3. The summed E-state index contributed by atoms with van der Waals surface area (Å²) < 4.78 is 1.48. The second-order valence-corrected chi connectivity index (χ2v) is 4.32. The molecular weight excluding hydrogens is 266 g/mol. The normalized spacial score (nSPS) is 10.3. The molecule has 2 N–H and O–H groups in total. The zero-order valence-corrected chi connectivity index (χ0v) is 11.4. The Morgan fingerprint density at radius 1 is 1.47 bits per heavy atom. The first-order valence-corrected chi connectivity index (χ1v) is 6.18. The molecule has 1 aromatic heterocycles. The van der Waals surface area contributed by atoms with Crippen LogP contribution in [0, 0.1) is 0 Å². The smallest absolute Gasteiger partial charge is 0.260 e. The van der Waals surface area contributed by atoms with E-state index >= 15 is 0 Å². The van der Waals surface area contributed by atoms with Crippen LogP contribution in [0.3, 0.4) is 0 Å². The van der Waals surface area contributed by atoms with Gasteiger partial charge in [0.15, 0.2) is 0 Å². The molecule has 2 rings (SSSR count). The van der Waals surface area contributed by atoms with Crippen molar-refractivity contribution in [3.05, 3.63) is 35.1 Å². The third-order valence-corrected chi connectivity index (χ3v) is 2.77. The molecule has 0 unspecified atom stereocenters. The monoisotopic (exact) mass is 279 g/mol. The zero-order valence-electron chi connectivity index (χ0n) is 10.6. The van der Waals surface area contributed by atoms with Gasteiger partial charge in [-0.15, -0.1) is 0 Å². The number of aryl methyl sites for hydroxylation is 1. The van der Waals surface area contributed by atoms with Gasteiger partial charge in [0.1, 0.15) is 6.33 Å². The summed E-state index contributed by atoms with van der Waals surface area (Å²) in [5, 5.41) is 10.2. The van der Waals surface area contributed by atoms with Gasteiger partial charge in [0, 0.05) is 24.3 Å². The van der Waals surface area contributed by atoms with Gasteiger partial charge >= 0.3 is 0 Å². The molecule has 1 amide bonds. The molecule has 1 heterocycles. The fourth-order valence-corrected chi connectivity index (χ4v) is 1.80. The highest BCUT2D eigenvalue weighted by atomic mass is 35.5. The van der Waals surface area contributed by atoms with Gasteiger partial charge in [-0.2, -0.15) is 10.1 Å². The first-order valence-electron chi connectivity index (χ1n) is 5.80. The Hall–Kier alpha value is -2.08. The van der Waals surface area contributed by atoms with Gasteiger partial charge < -0.3 is 5.32 Å². The average Bonchev–Trinajstić information content (AvgIpc) is 2.77. The van der Waals surface area contributed by atoms with Crippen molar-refractivity contribution < 1.29 is 4.79 Å². The van der Waals surface area contributed by atoms with Crippen LogP contribution in [0.1, 0.15) is 17.3 Å². The van der Waals surface area contributed by atoms with Crippen LogP contribution >= 0.6 is 11.6 Å². The molecule has 1 aromatic carbocycles. The number of hydrogen-bond acceptors (Lipinski definition) is 4. The highest BCUT2D eigenvalue weighted by Gasteiger charge is 2.14. The van der Waals surface area contributed by atoms with Gasteiger partial charge in [-0.05, 0) is 25.1 Å².